The number of nitrogens with zero attached hydrogens (tertiary/aromatic N) is 2. The van der Waals surface area contributed by atoms with Gasteiger partial charge in [0.1, 0.15) is 0 Å². The monoisotopic (exact) mass is 750 g/mol. The third-order valence-corrected chi connectivity index (χ3v) is 12.5. The molecular weight excluding hydrogens is 701 g/mol. The first-order chi connectivity index (χ1) is 28.4. The van der Waals surface area contributed by atoms with Gasteiger partial charge in [0.05, 0.1) is 16.7 Å². The van der Waals surface area contributed by atoms with Crippen LogP contribution in [-0.4, -0.2) is 4.57 Å². The molecule has 58 heavy (non-hydrogen) atoms. The van der Waals surface area contributed by atoms with Gasteiger partial charge in [0.15, 0.2) is 0 Å². The highest BCUT2D eigenvalue weighted by Crippen LogP contribution is 2.47. The predicted octanol–water partition coefficient (Wildman–Crippen LogP) is 16.1. The van der Waals surface area contributed by atoms with Crippen molar-refractivity contribution in [2.45, 2.75) is 64.2 Å². The third-order valence-electron chi connectivity index (χ3n) is 12.5. The zero-order chi connectivity index (χ0) is 39.2. The molecule has 0 bridgehead atoms. The summed E-state index contributed by atoms with van der Waals surface area (Å²) in [4.78, 5) is 2.49. The van der Waals surface area contributed by atoms with E-state index in [2.05, 4.69) is 212 Å². The Morgan fingerprint density at radius 2 is 1.17 bits per heavy atom. The minimum Gasteiger partial charge on any atom is -0.310 e. The molecule has 0 N–H and O–H groups in total. The van der Waals surface area contributed by atoms with Gasteiger partial charge in [0, 0.05) is 39.0 Å². The van der Waals surface area contributed by atoms with Gasteiger partial charge < -0.3 is 9.47 Å². The highest BCUT2D eigenvalue weighted by molar-refractivity contribution is 6.14. The maximum Gasteiger partial charge on any atom is 0.0619 e. The molecule has 0 aliphatic heterocycles. The van der Waals surface area contributed by atoms with Crippen molar-refractivity contribution in [2.75, 3.05) is 4.90 Å². The smallest absolute Gasteiger partial charge is 0.0619 e. The lowest BCUT2D eigenvalue weighted by atomic mass is 9.80. The number of anilines is 3. The molecule has 2 nitrogen and oxygen atoms in total. The lowest BCUT2D eigenvalue weighted by Gasteiger charge is -2.30. The van der Waals surface area contributed by atoms with E-state index in [0.717, 1.165) is 17.1 Å². The molecule has 9 aromatic rings. The second-order valence-corrected chi connectivity index (χ2v) is 17.2. The number of hydrogen-bond donors (Lipinski definition) is 0. The van der Waals surface area contributed by atoms with Gasteiger partial charge in [-0.2, -0.15) is 0 Å². The number of benzene rings is 8. The van der Waals surface area contributed by atoms with Crippen molar-refractivity contribution >= 4 is 49.6 Å². The quantitative estimate of drug-likeness (QED) is 0.157. The van der Waals surface area contributed by atoms with E-state index in [4.69, 9.17) is 0 Å². The van der Waals surface area contributed by atoms with Gasteiger partial charge in [-0.05, 0) is 106 Å². The van der Waals surface area contributed by atoms with Gasteiger partial charge in [0.2, 0.25) is 0 Å². The van der Waals surface area contributed by atoms with Gasteiger partial charge in [-0.3, -0.25) is 0 Å². The first-order valence-electron chi connectivity index (χ1n) is 21.1. The van der Waals surface area contributed by atoms with Crippen LogP contribution in [0.15, 0.2) is 182 Å². The molecule has 0 saturated heterocycles. The summed E-state index contributed by atoms with van der Waals surface area (Å²) in [5, 5.41) is 5.24. The van der Waals surface area contributed by atoms with E-state index in [1.807, 2.05) is 0 Å². The Kier molecular flexibility index (Phi) is 9.21. The first kappa shape index (κ1) is 36.0. The van der Waals surface area contributed by atoms with E-state index in [9.17, 15) is 0 Å². The van der Waals surface area contributed by atoms with Crippen LogP contribution in [0.2, 0.25) is 0 Å². The minimum atomic E-state index is 0.0511. The van der Waals surface area contributed by atoms with Crippen molar-refractivity contribution in [3.05, 3.63) is 193 Å². The molecule has 1 saturated carbocycles. The fraction of sp³-hybridized carbons (Fsp3) is 0.179. The summed E-state index contributed by atoms with van der Waals surface area (Å²) >= 11 is 0. The Morgan fingerprint density at radius 1 is 0.517 bits per heavy atom. The topological polar surface area (TPSA) is 8.17 Å². The van der Waals surface area contributed by atoms with Crippen molar-refractivity contribution in [1.29, 1.82) is 0 Å². The van der Waals surface area contributed by atoms with Gasteiger partial charge in [-0.25, -0.2) is 0 Å². The van der Waals surface area contributed by atoms with Crippen LogP contribution in [0.3, 0.4) is 0 Å². The number of para-hydroxylation sites is 4. The minimum absolute atomic E-state index is 0.0511. The molecule has 1 aliphatic rings. The van der Waals surface area contributed by atoms with Crippen LogP contribution in [-0.2, 0) is 5.41 Å². The van der Waals surface area contributed by atoms with Crippen molar-refractivity contribution < 1.29 is 0 Å². The van der Waals surface area contributed by atoms with Crippen LogP contribution in [0.1, 0.15) is 69.9 Å². The summed E-state index contributed by atoms with van der Waals surface area (Å²) in [5.74, 6) is 0.595. The number of hydrogen-bond acceptors (Lipinski definition) is 1. The van der Waals surface area contributed by atoms with Crippen LogP contribution in [0, 0.1) is 0 Å². The van der Waals surface area contributed by atoms with Crippen LogP contribution in [0.25, 0.3) is 60.5 Å². The molecule has 2 heteroatoms. The summed E-state index contributed by atoms with van der Waals surface area (Å²) in [6, 6.07) is 67.7. The average Bonchev–Trinajstić information content (AvgIpc) is 3.62. The zero-order valence-electron chi connectivity index (χ0n) is 33.8. The maximum atomic E-state index is 2.49. The van der Waals surface area contributed by atoms with Crippen molar-refractivity contribution in [3.63, 3.8) is 0 Å². The van der Waals surface area contributed by atoms with E-state index < -0.39 is 0 Å². The van der Waals surface area contributed by atoms with E-state index in [0.29, 0.717) is 5.92 Å². The van der Waals surface area contributed by atoms with E-state index in [-0.39, 0.29) is 5.41 Å². The lowest BCUT2D eigenvalue weighted by Crippen LogP contribution is -2.14. The van der Waals surface area contributed by atoms with E-state index >= 15 is 0 Å². The molecule has 0 amide bonds. The van der Waals surface area contributed by atoms with E-state index in [1.165, 1.54) is 104 Å². The van der Waals surface area contributed by atoms with Gasteiger partial charge in [-0.1, -0.05) is 173 Å². The molecule has 10 rings (SSSR count). The van der Waals surface area contributed by atoms with Gasteiger partial charge in [-0.15, -0.1) is 0 Å². The summed E-state index contributed by atoms with van der Waals surface area (Å²) < 4.78 is 2.44. The molecule has 8 aromatic carbocycles. The Hall–Kier alpha value is -6.38. The van der Waals surface area contributed by atoms with Crippen molar-refractivity contribution in [2.24, 2.45) is 0 Å². The standard InChI is InChI=1S/C56H50N2/c1-56(2,3)42-34-36-44(37-35-42)57(52-32-12-10-26-48(52)50-30-16-21-40-20-15-28-46(54(40)50)39-18-6-4-7-19-39)45-25-14-22-41(38-45)47-29-17-31-51-49-27-11-13-33-53(49)58(55(47)51)43-23-8-5-9-24-43/h5,8-17,20-39H,4,6-7,18-19H2,1-3H3. The molecule has 1 aromatic heterocycles. The lowest BCUT2D eigenvalue weighted by molar-refractivity contribution is 0.445. The van der Waals surface area contributed by atoms with Crippen LogP contribution in [0.5, 0.6) is 0 Å². The maximum absolute atomic E-state index is 2.49. The highest BCUT2D eigenvalue weighted by atomic mass is 15.1. The molecule has 1 aliphatic carbocycles. The predicted molar refractivity (Wildman–Crippen MR) is 248 cm³/mol. The number of aromatic nitrogens is 1. The Balaban J connectivity index is 1.19. The zero-order valence-corrected chi connectivity index (χ0v) is 33.8. The van der Waals surface area contributed by atoms with Crippen LogP contribution >= 0.6 is 0 Å². The SMILES string of the molecule is CC(C)(C)c1ccc(N(c2cccc(-c3cccc4c5ccccc5n(-c5ccccc5)c34)c2)c2ccccc2-c2cccc3cccc(C4CCCCC4)c23)cc1. The van der Waals surface area contributed by atoms with Crippen LogP contribution in [0.4, 0.5) is 17.1 Å². The van der Waals surface area contributed by atoms with Crippen molar-refractivity contribution in [1.82, 2.24) is 4.57 Å². The second-order valence-electron chi connectivity index (χ2n) is 17.2. The molecule has 0 unspecified atom stereocenters. The summed E-state index contributed by atoms with van der Waals surface area (Å²) in [6.07, 6.45) is 6.51. The number of fused-ring (bicyclic) bond motifs is 4. The molecular formula is C56H50N2. The number of rotatable bonds is 7. The second kappa shape index (κ2) is 14.8. The molecule has 284 valence electrons. The van der Waals surface area contributed by atoms with Crippen molar-refractivity contribution in [3.8, 4) is 27.9 Å². The largest absolute Gasteiger partial charge is 0.310 e. The Morgan fingerprint density at radius 3 is 1.98 bits per heavy atom. The van der Waals surface area contributed by atoms with Gasteiger partial charge >= 0.3 is 0 Å². The molecule has 1 heterocycles. The molecule has 0 spiro atoms. The van der Waals surface area contributed by atoms with Crippen LogP contribution < -0.4 is 4.90 Å². The summed E-state index contributed by atoms with van der Waals surface area (Å²) in [6.45, 7) is 6.87. The van der Waals surface area contributed by atoms with Gasteiger partial charge in [0.25, 0.3) is 0 Å². The average molecular weight is 751 g/mol. The van der Waals surface area contributed by atoms with E-state index in [1.54, 1.807) is 0 Å². The third kappa shape index (κ3) is 6.38. The summed E-state index contributed by atoms with van der Waals surface area (Å²) in [7, 11) is 0. The summed E-state index contributed by atoms with van der Waals surface area (Å²) in [5.41, 5.74) is 14.9. The Labute approximate surface area is 343 Å². The molecule has 0 atom stereocenters. The Bertz CT molecular complexity index is 2900. The fourth-order valence-corrected chi connectivity index (χ4v) is 9.69. The first-order valence-corrected chi connectivity index (χ1v) is 21.1. The fourth-order valence-electron chi connectivity index (χ4n) is 9.69. The molecule has 0 radical (unpaired) electrons. The molecule has 1 fully saturated rings. The highest BCUT2D eigenvalue weighted by Gasteiger charge is 2.24. The normalized spacial score (nSPS) is 13.7.